The predicted molar refractivity (Wildman–Crippen MR) is 65.3 cm³/mol. The Bertz CT molecular complexity index is 341. The van der Waals surface area contributed by atoms with Gasteiger partial charge in [-0.2, -0.15) is 0 Å². The Morgan fingerprint density at radius 1 is 1.00 bits per heavy atom. The molecule has 0 bridgehead atoms. The van der Waals surface area contributed by atoms with E-state index in [0.29, 0.717) is 31.7 Å². The molecular weight excluding hydrogens is 248 g/mol. The lowest BCUT2D eigenvalue weighted by Crippen LogP contribution is -2.60. The summed E-state index contributed by atoms with van der Waals surface area (Å²) in [5.74, 6) is 0.216. The van der Waals surface area contributed by atoms with Gasteiger partial charge in [-0.15, -0.1) is 0 Å². The zero-order valence-electron chi connectivity index (χ0n) is 11.1. The Balaban J connectivity index is 1.57. The molecule has 3 heterocycles. The highest BCUT2D eigenvalue weighted by Crippen LogP contribution is 2.47. The third-order valence-electron chi connectivity index (χ3n) is 5.18. The molecule has 0 amide bonds. The van der Waals surface area contributed by atoms with Crippen LogP contribution in [-0.4, -0.2) is 49.2 Å². The van der Waals surface area contributed by atoms with Crippen molar-refractivity contribution in [3.05, 3.63) is 0 Å². The van der Waals surface area contributed by atoms with Gasteiger partial charge in [0.25, 0.3) is 0 Å². The molecule has 0 aromatic heterocycles. The van der Waals surface area contributed by atoms with Crippen molar-refractivity contribution < 1.29 is 24.1 Å². The van der Waals surface area contributed by atoms with Crippen LogP contribution in [0.4, 0.5) is 0 Å². The van der Waals surface area contributed by atoms with Gasteiger partial charge in [0, 0.05) is 12.3 Å². The molecule has 19 heavy (non-hydrogen) atoms. The summed E-state index contributed by atoms with van der Waals surface area (Å²) in [6, 6.07) is 0. The van der Waals surface area contributed by atoms with Gasteiger partial charge in [0.05, 0.1) is 19.3 Å². The molecule has 0 aromatic carbocycles. The third kappa shape index (κ3) is 2.03. The molecule has 3 saturated heterocycles. The van der Waals surface area contributed by atoms with Crippen LogP contribution >= 0.6 is 0 Å². The molecule has 0 unspecified atom stereocenters. The van der Waals surface area contributed by atoms with Crippen LogP contribution in [-0.2, 0) is 18.9 Å². The van der Waals surface area contributed by atoms with E-state index in [1.54, 1.807) is 0 Å². The minimum absolute atomic E-state index is 0.185. The minimum Gasteiger partial charge on any atom is -0.367 e. The Labute approximate surface area is 113 Å². The molecule has 5 atom stereocenters. The van der Waals surface area contributed by atoms with Crippen molar-refractivity contribution in [3.63, 3.8) is 0 Å². The number of hydrogen-bond donors (Lipinski definition) is 1. The molecule has 4 aliphatic rings. The zero-order valence-corrected chi connectivity index (χ0v) is 11.1. The fourth-order valence-corrected chi connectivity index (χ4v) is 4.31. The summed E-state index contributed by atoms with van der Waals surface area (Å²) >= 11 is 0. The van der Waals surface area contributed by atoms with Gasteiger partial charge >= 0.3 is 0 Å². The first-order chi connectivity index (χ1) is 9.27. The second kappa shape index (κ2) is 4.67. The fraction of sp³-hybridized carbons (Fsp3) is 1.00. The number of ether oxygens (including phenoxy) is 4. The Morgan fingerprint density at radius 2 is 1.79 bits per heavy atom. The van der Waals surface area contributed by atoms with Crippen molar-refractivity contribution in [1.29, 1.82) is 0 Å². The van der Waals surface area contributed by atoms with Crippen LogP contribution in [0.2, 0.25) is 0 Å². The fourth-order valence-electron chi connectivity index (χ4n) is 4.31. The second-order valence-electron chi connectivity index (χ2n) is 6.26. The summed E-state index contributed by atoms with van der Waals surface area (Å²) in [5.41, 5.74) is 0. The summed E-state index contributed by atoms with van der Waals surface area (Å²) in [4.78, 5) is 0. The summed E-state index contributed by atoms with van der Waals surface area (Å²) in [6.45, 7) is 1.70. The first-order valence-electron chi connectivity index (χ1n) is 7.50. The molecule has 0 radical (unpaired) electrons. The summed E-state index contributed by atoms with van der Waals surface area (Å²) < 4.78 is 23.2. The first kappa shape index (κ1) is 12.5. The van der Waals surface area contributed by atoms with Gasteiger partial charge in [-0.25, -0.2) is 0 Å². The molecule has 1 aliphatic carbocycles. The van der Waals surface area contributed by atoms with Crippen LogP contribution in [0.25, 0.3) is 0 Å². The van der Waals surface area contributed by atoms with Crippen LogP contribution in [0, 0.1) is 11.8 Å². The number of rotatable bonds is 0. The molecule has 5 nitrogen and oxygen atoms in total. The lowest BCUT2D eigenvalue weighted by Gasteiger charge is -2.52. The molecule has 4 fully saturated rings. The number of hydrogen-bond acceptors (Lipinski definition) is 5. The molecule has 1 N–H and O–H groups in total. The SMILES string of the molecule is O[C@H]1O[C@@H]2CCCC[C@@H]2[C@H]2CC3(CO[C@@H]21)OCCO3. The standard InChI is InChI=1S/C14H22O5/c15-13-12-10(9-3-1-2-4-11(9)19-13)7-14(8-16-12)17-5-6-18-14/h9-13,15H,1-8H2/t9-,10-,11-,12+,13+/m1/s1. The Hall–Kier alpha value is -0.200. The average molecular weight is 270 g/mol. The normalized spacial score (nSPS) is 48.8. The van der Waals surface area contributed by atoms with E-state index in [0.717, 1.165) is 19.3 Å². The van der Waals surface area contributed by atoms with Gasteiger partial charge in [0.2, 0.25) is 0 Å². The van der Waals surface area contributed by atoms with Gasteiger partial charge in [-0.3, -0.25) is 0 Å². The van der Waals surface area contributed by atoms with Gasteiger partial charge in [0.1, 0.15) is 12.7 Å². The zero-order chi connectivity index (χ0) is 12.9. The largest absolute Gasteiger partial charge is 0.367 e. The van der Waals surface area contributed by atoms with E-state index in [4.69, 9.17) is 18.9 Å². The molecule has 0 aromatic rings. The Morgan fingerprint density at radius 3 is 2.63 bits per heavy atom. The monoisotopic (exact) mass is 270 g/mol. The van der Waals surface area contributed by atoms with Crippen molar-refractivity contribution in [3.8, 4) is 0 Å². The van der Waals surface area contributed by atoms with E-state index < -0.39 is 12.1 Å². The molecular formula is C14H22O5. The summed E-state index contributed by atoms with van der Waals surface area (Å²) in [6.07, 6.45) is 4.69. The van der Waals surface area contributed by atoms with Crippen LogP contribution in [0.5, 0.6) is 0 Å². The van der Waals surface area contributed by atoms with Crippen molar-refractivity contribution in [1.82, 2.24) is 0 Å². The lowest BCUT2D eigenvalue weighted by atomic mass is 9.70. The molecule has 4 rings (SSSR count). The van der Waals surface area contributed by atoms with E-state index in [9.17, 15) is 5.11 Å². The smallest absolute Gasteiger partial charge is 0.192 e. The topological polar surface area (TPSA) is 57.2 Å². The summed E-state index contributed by atoms with van der Waals surface area (Å²) in [5, 5.41) is 10.1. The Kier molecular flexibility index (Phi) is 3.08. The first-order valence-corrected chi connectivity index (χ1v) is 7.50. The van der Waals surface area contributed by atoms with E-state index in [-0.39, 0.29) is 12.2 Å². The van der Waals surface area contributed by atoms with E-state index in [1.165, 1.54) is 12.8 Å². The van der Waals surface area contributed by atoms with Gasteiger partial charge in [-0.1, -0.05) is 12.8 Å². The number of fused-ring (bicyclic) bond motifs is 3. The predicted octanol–water partition coefficient (Wildman–Crippen LogP) is 1.04. The minimum atomic E-state index is -0.789. The highest BCUT2D eigenvalue weighted by molar-refractivity contribution is 4.97. The number of aliphatic hydroxyl groups excluding tert-OH is 1. The average Bonchev–Trinajstić information content (AvgIpc) is 2.87. The van der Waals surface area contributed by atoms with Gasteiger partial charge in [-0.05, 0) is 18.8 Å². The van der Waals surface area contributed by atoms with Crippen LogP contribution < -0.4 is 0 Å². The van der Waals surface area contributed by atoms with Gasteiger partial charge < -0.3 is 24.1 Å². The molecule has 5 heteroatoms. The van der Waals surface area contributed by atoms with Crippen molar-refractivity contribution in [2.75, 3.05) is 19.8 Å². The van der Waals surface area contributed by atoms with Crippen LogP contribution in [0.3, 0.4) is 0 Å². The van der Waals surface area contributed by atoms with Crippen LogP contribution in [0.1, 0.15) is 32.1 Å². The maximum absolute atomic E-state index is 10.1. The second-order valence-corrected chi connectivity index (χ2v) is 6.26. The molecule has 108 valence electrons. The molecule has 1 saturated carbocycles. The van der Waals surface area contributed by atoms with E-state index in [1.807, 2.05) is 0 Å². The molecule has 1 spiro atoms. The van der Waals surface area contributed by atoms with Crippen molar-refractivity contribution >= 4 is 0 Å². The quantitative estimate of drug-likeness (QED) is 0.713. The van der Waals surface area contributed by atoms with Crippen molar-refractivity contribution in [2.45, 2.75) is 56.4 Å². The molecule has 3 aliphatic heterocycles. The van der Waals surface area contributed by atoms with E-state index >= 15 is 0 Å². The van der Waals surface area contributed by atoms with Crippen molar-refractivity contribution in [2.24, 2.45) is 11.8 Å². The van der Waals surface area contributed by atoms with Crippen LogP contribution in [0.15, 0.2) is 0 Å². The summed E-state index contributed by atoms with van der Waals surface area (Å²) in [7, 11) is 0. The highest BCUT2D eigenvalue weighted by atomic mass is 16.8. The highest BCUT2D eigenvalue weighted by Gasteiger charge is 2.54. The maximum Gasteiger partial charge on any atom is 0.192 e. The van der Waals surface area contributed by atoms with Gasteiger partial charge in [0.15, 0.2) is 12.1 Å². The number of aliphatic hydroxyl groups is 1. The lowest BCUT2D eigenvalue weighted by molar-refractivity contribution is -0.331. The van der Waals surface area contributed by atoms with E-state index in [2.05, 4.69) is 0 Å². The third-order valence-corrected chi connectivity index (χ3v) is 5.18. The maximum atomic E-state index is 10.1.